The van der Waals surface area contributed by atoms with Crippen molar-refractivity contribution in [2.75, 3.05) is 13.1 Å². The van der Waals surface area contributed by atoms with E-state index in [1.54, 1.807) is 36.7 Å². The van der Waals surface area contributed by atoms with E-state index in [2.05, 4.69) is 20.6 Å². The minimum absolute atomic E-state index is 0. The third-order valence-corrected chi connectivity index (χ3v) is 4.91. The Morgan fingerprint density at radius 3 is 2.68 bits per heavy atom. The predicted octanol–water partition coefficient (Wildman–Crippen LogP) is 3.98. The van der Waals surface area contributed by atoms with Gasteiger partial charge in [0.25, 0.3) is 0 Å². The van der Waals surface area contributed by atoms with Gasteiger partial charge in [0.15, 0.2) is 5.96 Å². The summed E-state index contributed by atoms with van der Waals surface area (Å²) in [5.74, 6) is 1.14. The molecule has 1 aromatic carbocycles. The molecule has 6 nitrogen and oxygen atoms in total. The first-order valence-corrected chi connectivity index (χ1v) is 9.75. The fourth-order valence-corrected chi connectivity index (χ4v) is 3.34. The monoisotopic (exact) mass is 512 g/mol. The summed E-state index contributed by atoms with van der Waals surface area (Å²) in [6, 6.07) is 13.6. The summed E-state index contributed by atoms with van der Waals surface area (Å²) in [6.45, 7) is 5.16. The summed E-state index contributed by atoms with van der Waals surface area (Å²) < 4.78 is 5.31. The number of nitrogens with zero attached hydrogens (tertiary/aromatic N) is 2. The second kappa shape index (κ2) is 10.6. The summed E-state index contributed by atoms with van der Waals surface area (Å²) in [7, 11) is 0. The van der Waals surface area contributed by atoms with Crippen LogP contribution in [-0.4, -0.2) is 29.1 Å². The highest BCUT2D eigenvalue weighted by molar-refractivity contribution is 14.0. The molecule has 0 saturated heterocycles. The highest BCUT2D eigenvalue weighted by Gasteiger charge is 2.26. The lowest BCUT2D eigenvalue weighted by atomic mass is 10.0. The van der Waals surface area contributed by atoms with Crippen LogP contribution in [0, 0.1) is 0 Å². The van der Waals surface area contributed by atoms with E-state index in [0.717, 1.165) is 22.8 Å². The molecule has 3 rings (SSSR count). The molecule has 0 fully saturated rings. The quantitative estimate of drug-likeness (QED) is 0.254. The maximum absolute atomic E-state index is 10.6. The Labute approximate surface area is 186 Å². The van der Waals surface area contributed by atoms with Crippen LogP contribution in [0.3, 0.4) is 0 Å². The molecule has 0 aliphatic carbocycles. The number of guanidine groups is 1. The third kappa shape index (κ3) is 6.05. The molecular weight excluding hydrogens is 487 g/mol. The lowest BCUT2D eigenvalue weighted by Gasteiger charge is -2.22. The highest BCUT2D eigenvalue weighted by Crippen LogP contribution is 2.23. The summed E-state index contributed by atoms with van der Waals surface area (Å²) in [5, 5.41) is 19.9. The van der Waals surface area contributed by atoms with Crippen molar-refractivity contribution in [1.82, 2.24) is 15.6 Å². The van der Waals surface area contributed by atoms with Crippen LogP contribution in [0.25, 0.3) is 10.6 Å². The summed E-state index contributed by atoms with van der Waals surface area (Å²) in [4.78, 5) is 9.23. The smallest absolute Gasteiger partial charge is 0.191 e. The molecule has 3 aromatic rings. The normalized spacial score (nSPS) is 13.5. The predicted molar refractivity (Wildman–Crippen MR) is 124 cm³/mol. The standard InChI is InChI=1S/C20H24N4O2S.HI/c1-3-21-19(23-14-20(2,25)17-10-7-11-26-17)22-12-16-13-27-18(24-16)15-8-5-4-6-9-15;/h4-11,13,25H,3,12,14H2,1-2H3,(H2,21,22,23);1H. The fraction of sp³-hybridized carbons (Fsp3) is 0.300. The molecule has 3 N–H and O–H groups in total. The molecule has 2 heterocycles. The molecule has 0 spiro atoms. The van der Waals surface area contributed by atoms with E-state index in [4.69, 9.17) is 4.42 Å². The van der Waals surface area contributed by atoms with Crippen LogP contribution in [0.15, 0.2) is 63.5 Å². The van der Waals surface area contributed by atoms with Crippen LogP contribution in [0.1, 0.15) is 25.3 Å². The second-order valence-corrected chi connectivity index (χ2v) is 7.17. The van der Waals surface area contributed by atoms with Crippen molar-refractivity contribution in [2.24, 2.45) is 4.99 Å². The van der Waals surface area contributed by atoms with E-state index in [1.807, 2.05) is 42.6 Å². The van der Waals surface area contributed by atoms with E-state index in [0.29, 0.717) is 18.3 Å². The lowest BCUT2D eigenvalue weighted by Crippen LogP contribution is -2.44. The number of hydrogen-bond donors (Lipinski definition) is 3. The third-order valence-electron chi connectivity index (χ3n) is 3.97. The number of nitrogens with one attached hydrogen (secondary N) is 2. The van der Waals surface area contributed by atoms with Gasteiger partial charge >= 0.3 is 0 Å². The van der Waals surface area contributed by atoms with Gasteiger partial charge in [0.05, 0.1) is 25.0 Å². The molecule has 0 aliphatic heterocycles. The molecular formula is C20H25IN4O2S. The first kappa shape index (κ1) is 22.4. The van der Waals surface area contributed by atoms with E-state index < -0.39 is 5.60 Å². The van der Waals surface area contributed by atoms with Gasteiger partial charge in [-0.3, -0.25) is 0 Å². The molecule has 0 radical (unpaired) electrons. The van der Waals surface area contributed by atoms with Crippen LogP contribution in [0.5, 0.6) is 0 Å². The van der Waals surface area contributed by atoms with Crippen LogP contribution in [0.4, 0.5) is 0 Å². The van der Waals surface area contributed by atoms with Crippen molar-refractivity contribution in [3.05, 3.63) is 65.6 Å². The second-order valence-electron chi connectivity index (χ2n) is 6.31. The molecule has 0 bridgehead atoms. The van der Waals surface area contributed by atoms with Gasteiger partial charge in [-0.2, -0.15) is 0 Å². The topological polar surface area (TPSA) is 82.7 Å². The number of furan rings is 1. The summed E-state index contributed by atoms with van der Waals surface area (Å²) in [5.41, 5.74) is 0.895. The molecule has 28 heavy (non-hydrogen) atoms. The van der Waals surface area contributed by atoms with Gasteiger partial charge in [0.1, 0.15) is 16.4 Å². The minimum atomic E-state index is -1.12. The summed E-state index contributed by atoms with van der Waals surface area (Å²) in [6.07, 6.45) is 1.55. The van der Waals surface area contributed by atoms with Gasteiger partial charge in [-0.05, 0) is 26.0 Å². The Balaban J connectivity index is 0.00000280. The van der Waals surface area contributed by atoms with Gasteiger partial charge in [-0.1, -0.05) is 30.3 Å². The van der Waals surface area contributed by atoms with Gasteiger partial charge < -0.3 is 20.2 Å². The molecule has 0 saturated carbocycles. The molecule has 2 aromatic heterocycles. The Kier molecular flexibility index (Phi) is 8.46. The van der Waals surface area contributed by atoms with Crippen molar-refractivity contribution in [2.45, 2.75) is 26.0 Å². The molecule has 150 valence electrons. The zero-order valence-corrected chi connectivity index (χ0v) is 19.0. The van der Waals surface area contributed by atoms with Gasteiger partial charge in [0.2, 0.25) is 0 Å². The van der Waals surface area contributed by atoms with Gasteiger partial charge in [0, 0.05) is 17.5 Å². The Morgan fingerprint density at radius 2 is 2.00 bits per heavy atom. The Bertz CT molecular complexity index is 863. The van der Waals surface area contributed by atoms with Crippen LogP contribution in [0.2, 0.25) is 0 Å². The van der Waals surface area contributed by atoms with Crippen LogP contribution >= 0.6 is 35.3 Å². The zero-order chi connectivity index (χ0) is 19.1. The average molecular weight is 512 g/mol. The number of hydrogen-bond acceptors (Lipinski definition) is 5. The molecule has 1 unspecified atom stereocenters. The Morgan fingerprint density at radius 1 is 1.21 bits per heavy atom. The van der Waals surface area contributed by atoms with E-state index in [-0.39, 0.29) is 30.5 Å². The number of aliphatic hydroxyl groups is 1. The minimum Gasteiger partial charge on any atom is -0.466 e. The first-order valence-electron chi connectivity index (χ1n) is 8.87. The zero-order valence-electron chi connectivity index (χ0n) is 15.9. The highest BCUT2D eigenvalue weighted by atomic mass is 127. The number of thiazole rings is 1. The Hall–Kier alpha value is -1.91. The van der Waals surface area contributed by atoms with Crippen molar-refractivity contribution >= 4 is 41.3 Å². The fourth-order valence-electron chi connectivity index (χ4n) is 2.52. The lowest BCUT2D eigenvalue weighted by molar-refractivity contribution is 0.0386. The maximum atomic E-state index is 10.6. The number of halogens is 1. The maximum Gasteiger partial charge on any atom is 0.191 e. The number of aliphatic imine (C=N–C) groups is 1. The average Bonchev–Trinajstić information content (AvgIpc) is 3.37. The number of aromatic nitrogens is 1. The van der Waals surface area contributed by atoms with Gasteiger partial charge in [-0.15, -0.1) is 35.3 Å². The molecule has 0 amide bonds. The van der Waals surface area contributed by atoms with Crippen LogP contribution < -0.4 is 10.6 Å². The van der Waals surface area contributed by atoms with E-state index >= 15 is 0 Å². The number of benzene rings is 1. The van der Waals surface area contributed by atoms with Gasteiger partial charge in [-0.25, -0.2) is 9.98 Å². The molecule has 0 aliphatic rings. The van der Waals surface area contributed by atoms with E-state index in [9.17, 15) is 5.11 Å². The molecule has 1 atom stereocenters. The van der Waals surface area contributed by atoms with Crippen molar-refractivity contribution in [1.29, 1.82) is 0 Å². The summed E-state index contributed by atoms with van der Waals surface area (Å²) >= 11 is 1.61. The van der Waals surface area contributed by atoms with Crippen molar-refractivity contribution in [3.8, 4) is 10.6 Å². The SMILES string of the molecule is CCNC(=NCc1csc(-c2ccccc2)n1)NCC(C)(O)c1ccco1.I. The van der Waals surface area contributed by atoms with Crippen molar-refractivity contribution < 1.29 is 9.52 Å². The largest absolute Gasteiger partial charge is 0.466 e. The van der Waals surface area contributed by atoms with E-state index in [1.165, 1.54) is 0 Å². The molecule has 8 heteroatoms. The van der Waals surface area contributed by atoms with Crippen LogP contribution in [-0.2, 0) is 12.1 Å². The number of rotatable bonds is 7. The van der Waals surface area contributed by atoms with Crippen molar-refractivity contribution in [3.63, 3.8) is 0 Å². The first-order chi connectivity index (χ1) is 13.1.